The molecule has 0 aliphatic rings. The molecule has 0 aromatic heterocycles. The quantitative estimate of drug-likeness (QED) is 0.779. The Morgan fingerprint density at radius 2 is 1.86 bits per heavy atom. The summed E-state index contributed by atoms with van der Waals surface area (Å²) in [4.78, 5) is 2.32. The van der Waals surface area contributed by atoms with Crippen molar-refractivity contribution < 1.29 is 8.42 Å². The first-order chi connectivity index (χ1) is 9.73. The van der Waals surface area contributed by atoms with E-state index in [1.54, 1.807) is 22.5 Å². The molecule has 1 rings (SSSR count). The largest absolute Gasteiger partial charge is 0.399 e. The van der Waals surface area contributed by atoms with Gasteiger partial charge in [-0.25, -0.2) is 8.42 Å². The van der Waals surface area contributed by atoms with Crippen LogP contribution in [0, 0.1) is 0 Å². The molecule has 120 valence electrons. The van der Waals surface area contributed by atoms with Gasteiger partial charge in [-0.1, -0.05) is 19.9 Å². The van der Waals surface area contributed by atoms with Crippen LogP contribution in [0.2, 0.25) is 0 Å². The van der Waals surface area contributed by atoms with E-state index >= 15 is 0 Å². The maximum atomic E-state index is 13.0. The molecule has 1 unspecified atom stereocenters. The van der Waals surface area contributed by atoms with Crippen LogP contribution in [0.25, 0.3) is 0 Å². The summed E-state index contributed by atoms with van der Waals surface area (Å²) in [5.41, 5.74) is 7.07. The van der Waals surface area contributed by atoms with E-state index in [0.717, 1.165) is 5.56 Å². The van der Waals surface area contributed by atoms with E-state index in [-0.39, 0.29) is 6.04 Å². The van der Waals surface area contributed by atoms with E-state index < -0.39 is 10.0 Å². The summed E-state index contributed by atoms with van der Waals surface area (Å²) in [7, 11) is 0.344. The van der Waals surface area contributed by atoms with Crippen molar-refractivity contribution in [2.24, 2.45) is 0 Å². The van der Waals surface area contributed by atoms with E-state index in [4.69, 9.17) is 5.73 Å². The SMILES string of the molecule is CCc1ccc(N)cc1S(=O)(=O)N(CC)C(C)CN(C)C. The molecule has 2 N–H and O–H groups in total. The number of anilines is 1. The lowest BCUT2D eigenvalue weighted by molar-refractivity contribution is 0.271. The van der Waals surface area contributed by atoms with E-state index in [9.17, 15) is 8.42 Å². The Kier molecular flexibility index (Phi) is 6.19. The van der Waals surface area contributed by atoms with Crippen molar-refractivity contribution in [1.29, 1.82) is 0 Å². The van der Waals surface area contributed by atoms with Crippen LogP contribution in [0.15, 0.2) is 23.1 Å². The van der Waals surface area contributed by atoms with Crippen molar-refractivity contribution >= 4 is 15.7 Å². The van der Waals surface area contributed by atoms with Crippen molar-refractivity contribution in [2.75, 3.05) is 32.9 Å². The summed E-state index contributed by atoms with van der Waals surface area (Å²) in [6.07, 6.45) is 0.661. The number of hydrogen-bond acceptors (Lipinski definition) is 4. The minimum atomic E-state index is -3.53. The van der Waals surface area contributed by atoms with E-state index in [2.05, 4.69) is 0 Å². The highest BCUT2D eigenvalue weighted by atomic mass is 32.2. The molecule has 0 aliphatic heterocycles. The van der Waals surface area contributed by atoms with E-state index in [0.29, 0.717) is 30.1 Å². The molecular weight excluding hydrogens is 286 g/mol. The van der Waals surface area contributed by atoms with Gasteiger partial charge < -0.3 is 10.6 Å². The number of nitrogens with zero attached hydrogens (tertiary/aromatic N) is 2. The van der Waals surface area contributed by atoms with Crippen LogP contribution in [-0.4, -0.2) is 50.8 Å². The maximum absolute atomic E-state index is 13.0. The van der Waals surface area contributed by atoms with Gasteiger partial charge in [0.05, 0.1) is 4.90 Å². The molecule has 0 heterocycles. The van der Waals surface area contributed by atoms with Crippen LogP contribution >= 0.6 is 0 Å². The van der Waals surface area contributed by atoms with Crippen molar-refractivity contribution in [2.45, 2.75) is 38.1 Å². The topological polar surface area (TPSA) is 66.6 Å². The van der Waals surface area contributed by atoms with Gasteiger partial charge in [0, 0.05) is 24.8 Å². The normalized spacial score (nSPS) is 13.9. The minimum Gasteiger partial charge on any atom is -0.399 e. The Labute approximate surface area is 128 Å². The highest BCUT2D eigenvalue weighted by Crippen LogP contribution is 2.25. The Morgan fingerprint density at radius 1 is 1.24 bits per heavy atom. The molecule has 1 atom stereocenters. The van der Waals surface area contributed by atoms with Gasteiger partial charge in [-0.3, -0.25) is 0 Å². The average Bonchev–Trinajstić information content (AvgIpc) is 2.38. The maximum Gasteiger partial charge on any atom is 0.243 e. The number of benzene rings is 1. The van der Waals surface area contributed by atoms with Crippen LogP contribution < -0.4 is 5.73 Å². The standard InChI is InChI=1S/C15H27N3O2S/c1-6-13-8-9-14(16)10-15(13)21(19,20)18(7-2)12(3)11-17(4)5/h8-10,12H,6-7,11,16H2,1-5H3. The molecule has 0 fully saturated rings. The molecule has 1 aromatic rings. The van der Waals surface area contributed by atoms with E-state index in [1.165, 1.54) is 0 Å². The average molecular weight is 313 g/mol. The monoisotopic (exact) mass is 313 g/mol. The lowest BCUT2D eigenvalue weighted by Crippen LogP contribution is -2.43. The summed E-state index contributed by atoms with van der Waals surface area (Å²) in [5, 5.41) is 0. The Morgan fingerprint density at radius 3 is 2.33 bits per heavy atom. The summed E-state index contributed by atoms with van der Waals surface area (Å²) in [6, 6.07) is 5.02. The third-order valence-electron chi connectivity index (χ3n) is 3.49. The van der Waals surface area contributed by atoms with Crippen molar-refractivity contribution in [1.82, 2.24) is 9.21 Å². The highest BCUT2D eigenvalue weighted by molar-refractivity contribution is 7.89. The molecule has 0 saturated heterocycles. The first kappa shape index (κ1) is 17.9. The van der Waals surface area contributed by atoms with Gasteiger partial charge in [-0.05, 0) is 45.1 Å². The molecule has 0 spiro atoms. The van der Waals surface area contributed by atoms with Gasteiger partial charge in [0.2, 0.25) is 10.0 Å². The van der Waals surface area contributed by atoms with Crippen LogP contribution in [0.4, 0.5) is 5.69 Å². The third kappa shape index (κ3) is 4.18. The second-order valence-electron chi connectivity index (χ2n) is 5.54. The zero-order valence-corrected chi connectivity index (χ0v) is 14.4. The molecule has 0 radical (unpaired) electrons. The molecule has 21 heavy (non-hydrogen) atoms. The minimum absolute atomic E-state index is 0.0962. The predicted octanol–water partition coefficient (Wildman–Crippen LogP) is 1.79. The second kappa shape index (κ2) is 7.24. The number of nitrogens with two attached hydrogens (primary N) is 1. The number of sulfonamides is 1. The summed E-state index contributed by atoms with van der Waals surface area (Å²) in [5.74, 6) is 0. The number of nitrogen functional groups attached to an aromatic ring is 1. The first-order valence-electron chi connectivity index (χ1n) is 7.29. The Hall–Kier alpha value is -1.11. The number of aryl methyl sites for hydroxylation is 1. The number of rotatable bonds is 7. The molecular formula is C15H27N3O2S. The van der Waals surface area contributed by atoms with Crippen molar-refractivity contribution in [3.8, 4) is 0 Å². The fourth-order valence-electron chi connectivity index (χ4n) is 2.57. The number of hydrogen-bond donors (Lipinski definition) is 1. The number of likely N-dealkylation sites (N-methyl/N-ethyl adjacent to an activating group) is 2. The van der Waals surface area contributed by atoms with Crippen LogP contribution in [0.5, 0.6) is 0 Å². The molecule has 0 aliphatic carbocycles. The summed E-state index contributed by atoms with van der Waals surface area (Å²) in [6.45, 7) is 6.86. The second-order valence-corrected chi connectivity index (χ2v) is 7.40. The van der Waals surface area contributed by atoms with Crippen molar-refractivity contribution in [3.63, 3.8) is 0 Å². The summed E-state index contributed by atoms with van der Waals surface area (Å²) >= 11 is 0. The van der Waals surface area contributed by atoms with Gasteiger partial charge in [0.25, 0.3) is 0 Å². The fraction of sp³-hybridized carbons (Fsp3) is 0.600. The Bertz CT molecular complexity index is 570. The Balaban J connectivity index is 3.27. The smallest absolute Gasteiger partial charge is 0.243 e. The molecule has 5 nitrogen and oxygen atoms in total. The van der Waals surface area contributed by atoms with Crippen molar-refractivity contribution in [3.05, 3.63) is 23.8 Å². The third-order valence-corrected chi connectivity index (χ3v) is 5.66. The molecule has 0 amide bonds. The molecule has 6 heteroatoms. The van der Waals surface area contributed by atoms with Gasteiger partial charge in [-0.15, -0.1) is 0 Å². The van der Waals surface area contributed by atoms with Crippen LogP contribution in [-0.2, 0) is 16.4 Å². The van der Waals surface area contributed by atoms with Gasteiger partial charge in [0.1, 0.15) is 0 Å². The van der Waals surface area contributed by atoms with Gasteiger partial charge in [-0.2, -0.15) is 4.31 Å². The zero-order chi connectivity index (χ0) is 16.2. The van der Waals surface area contributed by atoms with Gasteiger partial charge in [0.15, 0.2) is 0 Å². The predicted molar refractivity (Wildman–Crippen MR) is 87.8 cm³/mol. The zero-order valence-electron chi connectivity index (χ0n) is 13.6. The highest BCUT2D eigenvalue weighted by Gasteiger charge is 2.29. The first-order valence-corrected chi connectivity index (χ1v) is 8.73. The lowest BCUT2D eigenvalue weighted by Gasteiger charge is -2.30. The van der Waals surface area contributed by atoms with Crippen LogP contribution in [0.1, 0.15) is 26.3 Å². The molecule has 1 aromatic carbocycles. The fourth-order valence-corrected chi connectivity index (χ4v) is 4.53. The molecule has 0 bridgehead atoms. The summed E-state index contributed by atoms with van der Waals surface area (Å²) < 4.78 is 27.5. The van der Waals surface area contributed by atoms with Gasteiger partial charge >= 0.3 is 0 Å². The van der Waals surface area contributed by atoms with Crippen LogP contribution in [0.3, 0.4) is 0 Å². The lowest BCUT2D eigenvalue weighted by atomic mass is 10.1. The van der Waals surface area contributed by atoms with E-state index in [1.807, 2.05) is 39.8 Å². The molecule has 0 saturated carbocycles.